The molecule has 0 unspecified atom stereocenters. The summed E-state index contributed by atoms with van der Waals surface area (Å²) in [6.07, 6.45) is 1.38. The summed E-state index contributed by atoms with van der Waals surface area (Å²) in [5, 5.41) is 4.36. The van der Waals surface area contributed by atoms with Crippen LogP contribution in [0.15, 0.2) is 82.8 Å². The van der Waals surface area contributed by atoms with Crippen molar-refractivity contribution in [3.63, 3.8) is 0 Å². The van der Waals surface area contributed by atoms with Gasteiger partial charge in [-0.3, -0.25) is 9.10 Å². The Bertz CT molecular complexity index is 1250. The van der Waals surface area contributed by atoms with Crippen molar-refractivity contribution in [3.8, 4) is 11.5 Å². The standard InChI is InChI=1S/C23H22ClN3O5S/c1-31-21-13-12-19(14-22(21)32-2)33(29,30)27(18-9-4-3-5-10-18)16-23(28)26-25-15-17-8-6-7-11-20(17)24/h3-15H,16H2,1-2H3,(H,26,28)/b25-15-. The second-order valence-corrected chi connectivity index (χ2v) is 8.95. The number of methoxy groups -OCH3 is 2. The molecule has 0 atom stereocenters. The summed E-state index contributed by atoms with van der Waals surface area (Å²) in [7, 11) is -1.26. The van der Waals surface area contributed by atoms with Gasteiger partial charge in [0.15, 0.2) is 11.5 Å². The maximum Gasteiger partial charge on any atom is 0.264 e. The molecule has 0 saturated heterocycles. The van der Waals surface area contributed by atoms with E-state index in [9.17, 15) is 13.2 Å². The smallest absolute Gasteiger partial charge is 0.264 e. The number of amides is 1. The highest BCUT2D eigenvalue weighted by Gasteiger charge is 2.28. The zero-order valence-electron chi connectivity index (χ0n) is 17.9. The summed E-state index contributed by atoms with van der Waals surface area (Å²) in [6, 6.07) is 19.5. The number of anilines is 1. The van der Waals surface area contributed by atoms with Gasteiger partial charge in [-0.25, -0.2) is 13.8 Å². The summed E-state index contributed by atoms with van der Waals surface area (Å²) in [4.78, 5) is 12.5. The summed E-state index contributed by atoms with van der Waals surface area (Å²) in [5.74, 6) is 0.000880. The Balaban J connectivity index is 1.88. The summed E-state index contributed by atoms with van der Waals surface area (Å²) >= 11 is 6.07. The Morgan fingerprint density at radius 3 is 2.33 bits per heavy atom. The minimum atomic E-state index is -4.13. The number of sulfonamides is 1. The monoisotopic (exact) mass is 487 g/mol. The molecule has 0 radical (unpaired) electrons. The number of benzene rings is 3. The van der Waals surface area contributed by atoms with Gasteiger partial charge < -0.3 is 9.47 Å². The molecule has 3 aromatic carbocycles. The average Bonchev–Trinajstić information content (AvgIpc) is 2.83. The predicted molar refractivity (Wildman–Crippen MR) is 128 cm³/mol. The van der Waals surface area contributed by atoms with Crippen LogP contribution in [0.25, 0.3) is 0 Å². The van der Waals surface area contributed by atoms with E-state index in [1.807, 2.05) is 0 Å². The van der Waals surface area contributed by atoms with Crippen LogP contribution in [0.5, 0.6) is 11.5 Å². The first-order valence-corrected chi connectivity index (χ1v) is 11.5. The third-order valence-corrected chi connectivity index (χ3v) is 6.69. The van der Waals surface area contributed by atoms with Crippen LogP contribution in [-0.4, -0.2) is 41.3 Å². The normalized spacial score (nSPS) is 11.2. The van der Waals surface area contributed by atoms with Crippen molar-refractivity contribution in [3.05, 3.63) is 83.4 Å². The van der Waals surface area contributed by atoms with E-state index in [-0.39, 0.29) is 10.6 Å². The Morgan fingerprint density at radius 1 is 1.00 bits per heavy atom. The molecule has 33 heavy (non-hydrogen) atoms. The van der Waals surface area contributed by atoms with E-state index < -0.39 is 22.5 Å². The summed E-state index contributed by atoms with van der Waals surface area (Å²) < 4.78 is 38.3. The predicted octanol–water partition coefficient (Wildman–Crippen LogP) is 3.70. The molecule has 0 spiro atoms. The first-order chi connectivity index (χ1) is 15.9. The van der Waals surface area contributed by atoms with Gasteiger partial charge in [0, 0.05) is 16.7 Å². The quantitative estimate of drug-likeness (QED) is 0.366. The topological polar surface area (TPSA) is 97.3 Å². The third-order valence-electron chi connectivity index (χ3n) is 4.57. The number of nitrogens with one attached hydrogen (secondary N) is 1. The Kier molecular flexibility index (Phi) is 7.92. The second kappa shape index (κ2) is 10.8. The van der Waals surface area contributed by atoms with Crippen molar-refractivity contribution in [1.29, 1.82) is 0 Å². The number of halogens is 1. The van der Waals surface area contributed by atoms with Crippen molar-refractivity contribution in [2.45, 2.75) is 4.90 Å². The lowest BCUT2D eigenvalue weighted by atomic mass is 10.2. The lowest BCUT2D eigenvalue weighted by molar-refractivity contribution is -0.119. The molecular formula is C23H22ClN3O5S. The number of rotatable bonds is 9. The van der Waals surface area contributed by atoms with Gasteiger partial charge in [0.2, 0.25) is 0 Å². The first kappa shape index (κ1) is 24.1. The largest absolute Gasteiger partial charge is 0.493 e. The van der Waals surface area contributed by atoms with Gasteiger partial charge >= 0.3 is 0 Å². The molecule has 3 aromatic rings. The van der Waals surface area contributed by atoms with Crippen molar-refractivity contribution < 1.29 is 22.7 Å². The summed E-state index contributed by atoms with van der Waals surface area (Å²) in [5.41, 5.74) is 3.27. The van der Waals surface area contributed by atoms with E-state index in [2.05, 4.69) is 10.5 Å². The van der Waals surface area contributed by atoms with Crippen LogP contribution in [0.1, 0.15) is 5.56 Å². The van der Waals surface area contributed by atoms with Crippen molar-refractivity contribution >= 4 is 39.4 Å². The lowest BCUT2D eigenvalue weighted by Crippen LogP contribution is -2.39. The third kappa shape index (κ3) is 5.82. The number of hydrogen-bond donors (Lipinski definition) is 1. The van der Waals surface area contributed by atoms with Crippen molar-refractivity contribution in [1.82, 2.24) is 5.43 Å². The molecule has 10 heteroatoms. The van der Waals surface area contributed by atoms with E-state index in [4.69, 9.17) is 21.1 Å². The molecule has 0 saturated carbocycles. The summed E-state index contributed by atoms with van der Waals surface area (Å²) in [6.45, 7) is -0.499. The molecule has 3 rings (SSSR count). The minimum Gasteiger partial charge on any atom is -0.493 e. The lowest BCUT2D eigenvalue weighted by Gasteiger charge is -2.24. The van der Waals surface area contributed by atoms with E-state index in [1.54, 1.807) is 54.6 Å². The number of hydrogen-bond acceptors (Lipinski definition) is 6. The van der Waals surface area contributed by atoms with Crippen LogP contribution in [0.2, 0.25) is 5.02 Å². The van der Waals surface area contributed by atoms with Gasteiger partial charge in [-0.15, -0.1) is 0 Å². The molecule has 0 bridgehead atoms. The molecule has 8 nitrogen and oxygen atoms in total. The fraction of sp³-hybridized carbons (Fsp3) is 0.130. The van der Waals surface area contributed by atoms with E-state index in [0.29, 0.717) is 22.0 Å². The Morgan fingerprint density at radius 2 is 1.67 bits per heavy atom. The molecule has 1 amide bonds. The SMILES string of the molecule is COc1ccc(S(=O)(=O)N(CC(=O)N/N=C\c2ccccc2Cl)c2ccccc2)cc1OC. The Labute approximate surface area is 197 Å². The molecule has 172 valence electrons. The van der Waals surface area contributed by atoms with Gasteiger partial charge in [-0.2, -0.15) is 5.10 Å². The number of nitrogens with zero attached hydrogens (tertiary/aromatic N) is 2. The fourth-order valence-corrected chi connectivity index (χ4v) is 4.55. The van der Waals surface area contributed by atoms with Crippen molar-refractivity contribution in [2.24, 2.45) is 5.10 Å². The number of ether oxygens (including phenoxy) is 2. The zero-order chi connectivity index (χ0) is 23.8. The van der Waals surface area contributed by atoms with E-state index in [0.717, 1.165) is 4.31 Å². The average molecular weight is 488 g/mol. The highest BCUT2D eigenvalue weighted by molar-refractivity contribution is 7.92. The van der Waals surface area contributed by atoms with Gasteiger partial charge in [0.1, 0.15) is 6.54 Å². The minimum absolute atomic E-state index is 0.0589. The number of hydrazone groups is 1. The van der Waals surface area contributed by atoms with Gasteiger partial charge in [0.25, 0.3) is 15.9 Å². The second-order valence-electron chi connectivity index (χ2n) is 6.68. The van der Waals surface area contributed by atoms with Gasteiger partial charge in [-0.05, 0) is 30.3 Å². The molecule has 0 fully saturated rings. The highest BCUT2D eigenvalue weighted by Crippen LogP contribution is 2.32. The number of carbonyl (C=O) groups is 1. The first-order valence-electron chi connectivity index (χ1n) is 9.73. The number of para-hydroxylation sites is 1. The van der Waals surface area contributed by atoms with E-state index in [1.165, 1.54) is 38.6 Å². The maximum atomic E-state index is 13.5. The molecule has 0 aliphatic carbocycles. The van der Waals surface area contributed by atoms with Crippen LogP contribution in [0, 0.1) is 0 Å². The molecule has 0 heterocycles. The van der Waals surface area contributed by atoms with Crippen LogP contribution < -0.4 is 19.2 Å². The van der Waals surface area contributed by atoms with Crippen LogP contribution in [0.4, 0.5) is 5.69 Å². The molecule has 1 N–H and O–H groups in total. The maximum absolute atomic E-state index is 13.5. The highest BCUT2D eigenvalue weighted by atomic mass is 35.5. The molecule has 0 aliphatic rings. The van der Waals surface area contributed by atoms with Crippen LogP contribution in [0.3, 0.4) is 0 Å². The van der Waals surface area contributed by atoms with Gasteiger partial charge in [-0.1, -0.05) is 48.0 Å². The van der Waals surface area contributed by atoms with E-state index >= 15 is 0 Å². The molecule has 0 aliphatic heterocycles. The fourth-order valence-electron chi connectivity index (χ4n) is 2.93. The van der Waals surface area contributed by atoms with Crippen molar-refractivity contribution in [2.75, 3.05) is 25.1 Å². The van der Waals surface area contributed by atoms with Crippen LogP contribution >= 0.6 is 11.6 Å². The van der Waals surface area contributed by atoms with Gasteiger partial charge in [0.05, 0.1) is 31.0 Å². The Hall–Kier alpha value is -3.56. The van der Waals surface area contributed by atoms with Crippen LogP contribution in [-0.2, 0) is 14.8 Å². The molecular weight excluding hydrogens is 466 g/mol. The zero-order valence-corrected chi connectivity index (χ0v) is 19.5. The number of carbonyl (C=O) groups excluding carboxylic acids is 1. The molecule has 0 aromatic heterocycles.